The van der Waals surface area contributed by atoms with Crippen LogP contribution in [0.4, 0.5) is 15.8 Å². The minimum absolute atomic E-state index is 0.0213. The van der Waals surface area contributed by atoms with Gasteiger partial charge in [0.25, 0.3) is 5.69 Å². The van der Waals surface area contributed by atoms with Crippen LogP contribution in [0.15, 0.2) is 34.8 Å². The van der Waals surface area contributed by atoms with Crippen molar-refractivity contribution in [3.05, 3.63) is 61.3 Å². The quantitative estimate of drug-likeness (QED) is 0.374. The van der Waals surface area contributed by atoms with Crippen LogP contribution < -0.4 is 10.5 Å². The molecule has 21 heavy (non-hydrogen) atoms. The Kier molecular flexibility index (Phi) is 4.64. The van der Waals surface area contributed by atoms with Crippen molar-refractivity contribution in [2.24, 2.45) is 0 Å². The van der Waals surface area contributed by atoms with E-state index in [-0.39, 0.29) is 28.8 Å². The molecule has 5 nitrogen and oxygen atoms in total. The fourth-order valence-corrected chi connectivity index (χ4v) is 2.41. The molecular formula is C13H9BrClFN2O3. The van der Waals surface area contributed by atoms with E-state index in [1.807, 2.05) is 0 Å². The normalized spacial score (nSPS) is 10.4. The number of rotatable bonds is 4. The first-order valence-electron chi connectivity index (χ1n) is 5.69. The topological polar surface area (TPSA) is 78.4 Å². The smallest absolute Gasteiger partial charge is 0.292 e. The molecule has 0 aliphatic heterocycles. The first kappa shape index (κ1) is 15.5. The Morgan fingerprint density at radius 3 is 2.81 bits per heavy atom. The molecule has 2 rings (SSSR count). The largest absolute Gasteiger partial charge is 0.488 e. The summed E-state index contributed by atoms with van der Waals surface area (Å²) in [5.74, 6) is -0.398. The van der Waals surface area contributed by atoms with Crippen LogP contribution in [0.25, 0.3) is 0 Å². The third kappa shape index (κ3) is 3.43. The maximum Gasteiger partial charge on any atom is 0.292 e. The van der Waals surface area contributed by atoms with Crippen molar-refractivity contribution in [2.75, 3.05) is 5.73 Å². The highest BCUT2D eigenvalue weighted by molar-refractivity contribution is 9.10. The zero-order valence-corrected chi connectivity index (χ0v) is 12.8. The summed E-state index contributed by atoms with van der Waals surface area (Å²) >= 11 is 8.82. The maximum atomic E-state index is 13.4. The summed E-state index contributed by atoms with van der Waals surface area (Å²) in [5, 5.41) is 10.8. The lowest BCUT2D eigenvalue weighted by Crippen LogP contribution is -2.04. The highest BCUT2D eigenvalue weighted by Crippen LogP contribution is 2.32. The van der Waals surface area contributed by atoms with Gasteiger partial charge in [0.15, 0.2) is 0 Å². The van der Waals surface area contributed by atoms with Crippen LogP contribution in [0, 0.1) is 15.9 Å². The average Bonchev–Trinajstić information content (AvgIpc) is 2.42. The summed E-state index contributed by atoms with van der Waals surface area (Å²) in [6, 6.07) is 6.90. The van der Waals surface area contributed by atoms with E-state index in [2.05, 4.69) is 15.9 Å². The third-order valence-electron chi connectivity index (χ3n) is 2.73. The molecule has 110 valence electrons. The van der Waals surface area contributed by atoms with Crippen LogP contribution in [-0.4, -0.2) is 4.92 Å². The number of nitrogens with zero attached hydrogens (tertiary/aromatic N) is 1. The molecule has 0 aliphatic rings. The molecule has 0 saturated heterocycles. The molecule has 0 aliphatic carbocycles. The Bertz CT molecular complexity index is 712. The Labute approximate surface area is 132 Å². The number of hydrogen-bond acceptors (Lipinski definition) is 4. The number of nitro benzene ring substituents is 1. The number of nitrogens with two attached hydrogens (primary N) is 1. The zero-order chi connectivity index (χ0) is 15.6. The molecule has 0 atom stereocenters. The van der Waals surface area contributed by atoms with Crippen LogP contribution in [0.2, 0.25) is 5.02 Å². The van der Waals surface area contributed by atoms with Crippen molar-refractivity contribution < 1.29 is 14.1 Å². The zero-order valence-electron chi connectivity index (χ0n) is 10.5. The fourth-order valence-electron chi connectivity index (χ4n) is 1.65. The SMILES string of the molecule is Nc1c(COc2cc(F)c(Cl)cc2Br)cccc1[N+](=O)[O-]. The van der Waals surface area contributed by atoms with Gasteiger partial charge in [-0.15, -0.1) is 0 Å². The van der Waals surface area contributed by atoms with Gasteiger partial charge in [0.1, 0.15) is 23.9 Å². The van der Waals surface area contributed by atoms with E-state index in [9.17, 15) is 14.5 Å². The van der Waals surface area contributed by atoms with Gasteiger partial charge in [-0.1, -0.05) is 23.7 Å². The van der Waals surface area contributed by atoms with Crippen LogP contribution in [0.5, 0.6) is 5.75 Å². The van der Waals surface area contributed by atoms with Gasteiger partial charge >= 0.3 is 0 Å². The molecule has 0 aromatic heterocycles. The fraction of sp³-hybridized carbons (Fsp3) is 0.0769. The molecular weight excluding hydrogens is 367 g/mol. The maximum absolute atomic E-state index is 13.4. The lowest BCUT2D eigenvalue weighted by molar-refractivity contribution is -0.384. The second-order valence-corrected chi connectivity index (χ2v) is 5.35. The van der Waals surface area contributed by atoms with E-state index < -0.39 is 10.7 Å². The molecule has 0 spiro atoms. The number of hydrogen-bond donors (Lipinski definition) is 1. The number of para-hydroxylation sites is 1. The molecule has 0 radical (unpaired) electrons. The van der Waals surface area contributed by atoms with Crippen molar-refractivity contribution in [3.8, 4) is 5.75 Å². The van der Waals surface area contributed by atoms with Gasteiger partial charge in [0.2, 0.25) is 0 Å². The minimum Gasteiger partial charge on any atom is -0.488 e. The highest BCUT2D eigenvalue weighted by atomic mass is 79.9. The van der Waals surface area contributed by atoms with Crippen molar-refractivity contribution in [1.82, 2.24) is 0 Å². The van der Waals surface area contributed by atoms with Crippen LogP contribution >= 0.6 is 27.5 Å². The number of halogens is 3. The molecule has 0 bridgehead atoms. The lowest BCUT2D eigenvalue weighted by atomic mass is 10.1. The number of benzene rings is 2. The molecule has 2 aromatic rings. The average molecular weight is 376 g/mol. The third-order valence-corrected chi connectivity index (χ3v) is 3.64. The number of nitro groups is 1. The summed E-state index contributed by atoms with van der Waals surface area (Å²) in [7, 11) is 0. The molecule has 0 unspecified atom stereocenters. The van der Waals surface area contributed by atoms with Gasteiger partial charge in [0, 0.05) is 17.7 Å². The summed E-state index contributed by atoms with van der Waals surface area (Å²) in [5.41, 5.74) is 5.97. The monoisotopic (exact) mass is 374 g/mol. The molecule has 0 saturated carbocycles. The first-order chi connectivity index (χ1) is 9.90. The van der Waals surface area contributed by atoms with E-state index in [1.165, 1.54) is 18.2 Å². The predicted molar refractivity (Wildman–Crippen MR) is 81.0 cm³/mol. The number of anilines is 1. The standard InChI is InChI=1S/C13H9BrClFN2O3/c14-8-4-9(15)10(16)5-12(8)21-6-7-2-1-3-11(13(7)17)18(19)20/h1-5H,6,17H2. The van der Waals surface area contributed by atoms with Crippen LogP contribution in [-0.2, 0) is 6.61 Å². The molecule has 0 heterocycles. The van der Waals surface area contributed by atoms with Crippen molar-refractivity contribution in [2.45, 2.75) is 6.61 Å². The van der Waals surface area contributed by atoms with Gasteiger partial charge in [-0.05, 0) is 22.0 Å². The predicted octanol–water partition coefficient (Wildman–Crippen LogP) is 4.31. The molecule has 0 fully saturated rings. The molecule has 0 amide bonds. The molecule has 2 aromatic carbocycles. The van der Waals surface area contributed by atoms with E-state index in [0.29, 0.717) is 10.0 Å². The Morgan fingerprint density at radius 1 is 1.43 bits per heavy atom. The van der Waals surface area contributed by atoms with Crippen LogP contribution in [0.1, 0.15) is 5.56 Å². The second-order valence-electron chi connectivity index (χ2n) is 4.09. The Balaban J connectivity index is 2.23. The molecule has 2 N–H and O–H groups in total. The second kappa shape index (κ2) is 6.28. The summed E-state index contributed by atoms with van der Waals surface area (Å²) in [4.78, 5) is 10.2. The summed E-state index contributed by atoms with van der Waals surface area (Å²) < 4.78 is 19.3. The number of nitrogen functional groups attached to an aromatic ring is 1. The van der Waals surface area contributed by atoms with E-state index in [0.717, 1.165) is 6.07 Å². The van der Waals surface area contributed by atoms with E-state index in [1.54, 1.807) is 6.07 Å². The number of ether oxygens (including phenoxy) is 1. The van der Waals surface area contributed by atoms with E-state index >= 15 is 0 Å². The highest BCUT2D eigenvalue weighted by Gasteiger charge is 2.15. The Hall–Kier alpha value is -1.86. The minimum atomic E-state index is -0.623. The van der Waals surface area contributed by atoms with Gasteiger partial charge in [-0.25, -0.2) is 4.39 Å². The van der Waals surface area contributed by atoms with Crippen molar-refractivity contribution in [1.29, 1.82) is 0 Å². The summed E-state index contributed by atoms with van der Waals surface area (Å²) in [6.07, 6.45) is 0. The van der Waals surface area contributed by atoms with E-state index in [4.69, 9.17) is 22.1 Å². The van der Waals surface area contributed by atoms with Crippen molar-refractivity contribution in [3.63, 3.8) is 0 Å². The van der Waals surface area contributed by atoms with Gasteiger partial charge in [0.05, 0.1) is 14.4 Å². The lowest BCUT2D eigenvalue weighted by Gasteiger charge is -2.10. The van der Waals surface area contributed by atoms with Crippen LogP contribution in [0.3, 0.4) is 0 Å². The molecule has 8 heteroatoms. The van der Waals surface area contributed by atoms with Crippen molar-refractivity contribution >= 4 is 38.9 Å². The summed E-state index contributed by atoms with van der Waals surface area (Å²) in [6.45, 7) is -0.0345. The van der Waals surface area contributed by atoms with Gasteiger partial charge < -0.3 is 10.5 Å². The van der Waals surface area contributed by atoms with Gasteiger partial charge in [-0.3, -0.25) is 10.1 Å². The Morgan fingerprint density at radius 2 is 2.14 bits per heavy atom. The van der Waals surface area contributed by atoms with Gasteiger partial charge in [-0.2, -0.15) is 0 Å². The first-order valence-corrected chi connectivity index (χ1v) is 6.86.